The highest BCUT2D eigenvalue weighted by molar-refractivity contribution is 5.95. The standard InChI is InChI=1S/C17H25N3O2/c21-14-7-9-20(10-8-14)16-4-2-1-3-15(16)19-17(22)12-18-11-13-5-6-13/h1-4,13-14,18,21H,5-12H2,(H,19,22). The van der Waals surface area contributed by atoms with Gasteiger partial charge in [-0.2, -0.15) is 0 Å². The van der Waals surface area contributed by atoms with Gasteiger partial charge in [0.05, 0.1) is 24.0 Å². The fraction of sp³-hybridized carbons (Fsp3) is 0.588. The lowest BCUT2D eigenvalue weighted by Crippen LogP contribution is -2.36. The Morgan fingerprint density at radius 3 is 2.64 bits per heavy atom. The average Bonchev–Trinajstić information content (AvgIpc) is 3.33. The van der Waals surface area contributed by atoms with Gasteiger partial charge in [0.15, 0.2) is 0 Å². The zero-order valence-electron chi connectivity index (χ0n) is 12.9. The Bertz CT molecular complexity index is 508. The molecule has 1 aromatic rings. The Kier molecular flexibility index (Phi) is 4.95. The van der Waals surface area contributed by atoms with Crippen LogP contribution >= 0.6 is 0 Å². The van der Waals surface area contributed by atoms with Crippen LogP contribution in [0.15, 0.2) is 24.3 Å². The van der Waals surface area contributed by atoms with Gasteiger partial charge < -0.3 is 20.6 Å². The first-order chi connectivity index (χ1) is 10.7. The lowest BCUT2D eigenvalue weighted by molar-refractivity contribution is -0.115. The van der Waals surface area contributed by atoms with Crippen molar-refractivity contribution in [2.45, 2.75) is 31.8 Å². The molecule has 3 N–H and O–H groups in total. The summed E-state index contributed by atoms with van der Waals surface area (Å²) in [6.45, 7) is 2.96. The predicted octanol–water partition coefficient (Wildman–Crippen LogP) is 1.59. The summed E-state index contributed by atoms with van der Waals surface area (Å²) < 4.78 is 0. The van der Waals surface area contributed by atoms with Gasteiger partial charge in [-0.05, 0) is 50.3 Å². The average molecular weight is 303 g/mol. The summed E-state index contributed by atoms with van der Waals surface area (Å²) in [4.78, 5) is 14.3. The van der Waals surface area contributed by atoms with E-state index in [-0.39, 0.29) is 12.0 Å². The molecule has 1 amide bonds. The van der Waals surface area contributed by atoms with E-state index in [1.807, 2.05) is 24.3 Å². The molecule has 0 bridgehead atoms. The van der Waals surface area contributed by atoms with Gasteiger partial charge in [0.25, 0.3) is 0 Å². The maximum absolute atomic E-state index is 12.1. The van der Waals surface area contributed by atoms with Crippen LogP contribution in [0.5, 0.6) is 0 Å². The fourth-order valence-electron chi connectivity index (χ4n) is 2.87. The summed E-state index contributed by atoms with van der Waals surface area (Å²) in [6, 6.07) is 7.90. The largest absolute Gasteiger partial charge is 0.393 e. The van der Waals surface area contributed by atoms with Gasteiger partial charge in [-0.25, -0.2) is 0 Å². The van der Waals surface area contributed by atoms with Gasteiger partial charge >= 0.3 is 0 Å². The van der Waals surface area contributed by atoms with Crippen LogP contribution in [0.3, 0.4) is 0 Å². The Balaban J connectivity index is 1.56. The summed E-state index contributed by atoms with van der Waals surface area (Å²) in [6.07, 6.45) is 3.96. The van der Waals surface area contributed by atoms with Crippen molar-refractivity contribution in [1.82, 2.24) is 5.32 Å². The quantitative estimate of drug-likeness (QED) is 0.747. The Morgan fingerprint density at radius 1 is 1.18 bits per heavy atom. The van der Waals surface area contributed by atoms with Crippen molar-refractivity contribution in [1.29, 1.82) is 0 Å². The summed E-state index contributed by atoms with van der Waals surface area (Å²) in [5.41, 5.74) is 1.90. The van der Waals surface area contributed by atoms with Crippen LogP contribution in [-0.4, -0.2) is 43.3 Å². The first-order valence-electron chi connectivity index (χ1n) is 8.25. The van der Waals surface area contributed by atoms with E-state index in [2.05, 4.69) is 15.5 Å². The van der Waals surface area contributed by atoms with Crippen LogP contribution in [0.25, 0.3) is 0 Å². The number of carbonyl (C=O) groups excluding carboxylic acids is 1. The lowest BCUT2D eigenvalue weighted by Gasteiger charge is -2.32. The van der Waals surface area contributed by atoms with Gasteiger partial charge in [-0.15, -0.1) is 0 Å². The Morgan fingerprint density at radius 2 is 1.91 bits per heavy atom. The molecule has 2 fully saturated rings. The van der Waals surface area contributed by atoms with Crippen molar-refractivity contribution in [2.75, 3.05) is 36.4 Å². The molecule has 120 valence electrons. The van der Waals surface area contributed by atoms with Gasteiger partial charge in [0.1, 0.15) is 0 Å². The van der Waals surface area contributed by atoms with Crippen molar-refractivity contribution in [2.24, 2.45) is 5.92 Å². The zero-order valence-corrected chi connectivity index (χ0v) is 12.9. The number of rotatable bonds is 6. The first-order valence-corrected chi connectivity index (χ1v) is 8.25. The number of carbonyl (C=O) groups is 1. The molecule has 1 aromatic carbocycles. The SMILES string of the molecule is O=C(CNCC1CC1)Nc1ccccc1N1CCC(O)CC1. The molecule has 5 nitrogen and oxygen atoms in total. The normalized spacial score (nSPS) is 19.2. The number of hydrogen-bond donors (Lipinski definition) is 3. The first kappa shape index (κ1) is 15.3. The van der Waals surface area contributed by atoms with Crippen LogP contribution in [0.1, 0.15) is 25.7 Å². The molecule has 5 heteroatoms. The molecular weight excluding hydrogens is 278 g/mol. The highest BCUT2D eigenvalue weighted by Gasteiger charge is 2.21. The minimum atomic E-state index is -0.190. The van der Waals surface area contributed by atoms with E-state index < -0.39 is 0 Å². The van der Waals surface area contributed by atoms with Gasteiger partial charge in [0, 0.05) is 13.1 Å². The monoisotopic (exact) mass is 303 g/mol. The van der Waals surface area contributed by atoms with Crippen LogP contribution in [-0.2, 0) is 4.79 Å². The smallest absolute Gasteiger partial charge is 0.238 e. The number of anilines is 2. The van der Waals surface area contributed by atoms with E-state index in [9.17, 15) is 9.90 Å². The van der Waals surface area contributed by atoms with Crippen LogP contribution in [0.4, 0.5) is 11.4 Å². The molecule has 1 aliphatic carbocycles. The molecular formula is C17H25N3O2. The van der Waals surface area contributed by atoms with Crippen LogP contribution < -0.4 is 15.5 Å². The third-order valence-electron chi connectivity index (χ3n) is 4.40. The molecule has 0 unspecified atom stereocenters. The molecule has 1 aliphatic heterocycles. The molecule has 0 atom stereocenters. The molecule has 3 rings (SSSR count). The molecule has 2 aliphatic rings. The second-order valence-electron chi connectivity index (χ2n) is 6.36. The maximum Gasteiger partial charge on any atom is 0.238 e. The minimum Gasteiger partial charge on any atom is -0.393 e. The molecule has 1 saturated heterocycles. The van der Waals surface area contributed by atoms with E-state index in [4.69, 9.17) is 0 Å². The van der Waals surface area contributed by atoms with Crippen molar-refractivity contribution in [3.63, 3.8) is 0 Å². The van der Waals surface area contributed by atoms with Crippen molar-refractivity contribution >= 4 is 17.3 Å². The second-order valence-corrected chi connectivity index (χ2v) is 6.36. The van der Waals surface area contributed by atoms with Crippen LogP contribution in [0.2, 0.25) is 0 Å². The molecule has 22 heavy (non-hydrogen) atoms. The van der Waals surface area contributed by atoms with Gasteiger partial charge in [-0.1, -0.05) is 12.1 Å². The molecule has 0 aromatic heterocycles. The maximum atomic E-state index is 12.1. The third-order valence-corrected chi connectivity index (χ3v) is 4.40. The van der Waals surface area contributed by atoms with E-state index in [1.165, 1.54) is 12.8 Å². The van der Waals surface area contributed by atoms with Gasteiger partial charge in [-0.3, -0.25) is 4.79 Å². The molecule has 1 saturated carbocycles. The number of aliphatic hydroxyl groups is 1. The number of hydrogen-bond acceptors (Lipinski definition) is 4. The highest BCUT2D eigenvalue weighted by Crippen LogP contribution is 2.29. The third kappa shape index (κ3) is 4.21. The number of benzene rings is 1. The summed E-state index contributed by atoms with van der Waals surface area (Å²) >= 11 is 0. The number of para-hydroxylation sites is 2. The number of aliphatic hydroxyl groups excluding tert-OH is 1. The number of amides is 1. The molecule has 0 radical (unpaired) electrons. The Labute approximate surface area is 131 Å². The van der Waals surface area contributed by atoms with E-state index in [1.54, 1.807) is 0 Å². The second kappa shape index (κ2) is 7.11. The Hall–Kier alpha value is -1.59. The summed E-state index contributed by atoms with van der Waals surface area (Å²) in [7, 11) is 0. The summed E-state index contributed by atoms with van der Waals surface area (Å²) in [5.74, 6) is 0.782. The summed E-state index contributed by atoms with van der Waals surface area (Å²) in [5, 5.41) is 15.9. The van der Waals surface area contributed by atoms with Crippen molar-refractivity contribution in [3.8, 4) is 0 Å². The van der Waals surface area contributed by atoms with Crippen molar-refractivity contribution in [3.05, 3.63) is 24.3 Å². The van der Waals surface area contributed by atoms with Crippen LogP contribution in [0, 0.1) is 5.92 Å². The van der Waals surface area contributed by atoms with E-state index >= 15 is 0 Å². The minimum absolute atomic E-state index is 0.00476. The van der Waals surface area contributed by atoms with Gasteiger partial charge in [0.2, 0.25) is 5.91 Å². The highest BCUT2D eigenvalue weighted by atomic mass is 16.3. The van der Waals surface area contributed by atoms with E-state index in [0.29, 0.717) is 6.54 Å². The van der Waals surface area contributed by atoms with E-state index in [0.717, 1.165) is 49.8 Å². The zero-order chi connectivity index (χ0) is 15.4. The number of nitrogens with one attached hydrogen (secondary N) is 2. The number of nitrogens with zero attached hydrogens (tertiary/aromatic N) is 1. The molecule has 1 heterocycles. The molecule has 0 spiro atoms. The lowest BCUT2D eigenvalue weighted by atomic mass is 10.1. The van der Waals surface area contributed by atoms with Crippen molar-refractivity contribution < 1.29 is 9.90 Å². The predicted molar refractivity (Wildman–Crippen MR) is 88.1 cm³/mol. The topological polar surface area (TPSA) is 64.6 Å². The fourth-order valence-corrected chi connectivity index (χ4v) is 2.87. The number of piperidine rings is 1.